The lowest BCUT2D eigenvalue weighted by Crippen LogP contribution is -2.38. The van der Waals surface area contributed by atoms with E-state index in [1.54, 1.807) is 0 Å². The Morgan fingerprint density at radius 3 is 2.38 bits per heavy atom. The molecule has 1 atom stereocenters. The molecule has 2 nitrogen and oxygen atoms in total. The molecule has 0 aromatic rings. The summed E-state index contributed by atoms with van der Waals surface area (Å²) < 4.78 is 25.0. The van der Waals surface area contributed by atoms with E-state index in [4.69, 9.17) is 9.47 Å². The molecular weight excluding hydrogens is 303 g/mol. The quantitative estimate of drug-likeness (QED) is 0.591. The molecule has 0 N–H and O–H groups in total. The van der Waals surface area contributed by atoms with Crippen molar-refractivity contribution in [3.63, 3.8) is 0 Å². The fourth-order valence-electron chi connectivity index (χ4n) is 4.53. The molecular formula is C21H33FO2. The lowest BCUT2D eigenvalue weighted by molar-refractivity contribution is -0.223. The van der Waals surface area contributed by atoms with E-state index in [0.717, 1.165) is 37.9 Å². The topological polar surface area (TPSA) is 18.5 Å². The van der Waals surface area contributed by atoms with E-state index in [1.807, 2.05) is 13.0 Å². The van der Waals surface area contributed by atoms with Gasteiger partial charge in [0.1, 0.15) is 0 Å². The van der Waals surface area contributed by atoms with Crippen molar-refractivity contribution in [3.05, 3.63) is 24.1 Å². The van der Waals surface area contributed by atoms with E-state index < -0.39 is 0 Å². The minimum Gasteiger partial charge on any atom is -0.352 e. The van der Waals surface area contributed by atoms with Crippen molar-refractivity contribution in [3.8, 4) is 0 Å². The molecule has 3 aliphatic rings. The molecule has 1 saturated heterocycles. The first-order valence-electron chi connectivity index (χ1n) is 9.95. The molecule has 0 bridgehead atoms. The highest BCUT2D eigenvalue weighted by Crippen LogP contribution is 2.37. The second-order valence-corrected chi connectivity index (χ2v) is 7.97. The van der Waals surface area contributed by atoms with Crippen LogP contribution in [0.4, 0.5) is 4.39 Å². The van der Waals surface area contributed by atoms with Gasteiger partial charge < -0.3 is 9.47 Å². The molecule has 0 spiro atoms. The molecule has 2 aliphatic carbocycles. The summed E-state index contributed by atoms with van der Waals surface area (Å²) in [5, 5.41) is 0. The largest absolute Gasteiger partial charge is 0.352 e. The van der Waals surface area contributed by atoms with Crippen LogP contribution < -0.4 is 0 Å². The third-order valence-electron chi connectivity index (χ3n) is 6.14. The van der Waals surface area contributed by atoms with E-state index >= 15 is 0 Å². The van der Waals surface area contributed by atoms with Crippen molar-refractivity contribution in [1.29, 1.82) is 0 Å². The number of hydrogen-bond donors (Lipinski definition) is 0. The highest BCUT2D eigenvalue weighted by molar-refractivity contribution is 4.97. The second-order valence-electron chi connectivity index (χ2n) is 7.97. The molecule has 24 heavy (non-hydrogen) atoms. The summed E-state index contributed by atoms with van der Waals surface area (Å²) in [5.74, 6) is 2.69. The maximum Gasteiger partial charge on any atom is 0.160 e. The van der Waals surface area contributed by atoms with Gasteiger partial charge in [-0.05, 0) is 70.1 Å². The van der Waals surface area contributed by atoms with Crippen LogP contribution in [0, 0.1) is 23.7 Å². The Bertz CT molecular complexity index is 429. The summed E-state index contributed by atoms with van der Waals surface area (Å²) in [5.41, 5.74) is 0. The highest BCUT2D eigenvalue weighted by Gasteiger charge is 2.32. The second kappa shape index (κ2) is 9.15. The van der Waals surface area contributed by atoms with Crippen molar-refractivity contribution in [2.75, 3.05) is 13.2 Å². The molecule has 136 valence electrons. The Hall–Kier alpha value is -0.670. The number of allylic oxidation sites excluding steroid dienone is 3. The van der Waals surface area contributed by atoms with Gasteiger partial charge in [0, 0.05) is 11.8 Å². The molecule has 0 amide bonds. The van der Waals surface area contributed by atoms with Crippen LogP contribution in [0.3, 0.4) is 0 Å². The zero-order valence-electron chi connectivity index (χ0n) is 15.1. The number of halogens is 1. The third-order valence-corrected chi connectivity index (χ3v) is 6.14. The van der Waals surface area contributed by atoms with E-state index in [9.17, 15) is 4.39 Å². The van der Waals surface area contributed by atoms with Crippen LogP contribution in [0.2, 0.25) is 0 Å². The predicted octanol–water partition coefficient (Wildman–Crippen LogP) is 5.79. The Labute approximate surface area is 146 Å². The van der Waals surface area contributed by atoms with Gasteiger partial charge in [-0.2, -0.15) is 0 Å². The summed E-state index contributed by atoms with van der Waals surface area (Å²) >= 11 is 0. The van der Waals surface area contributed by atoms with Crippen LogP contribution in [-0.2, 0) is 9.47 Å². The van der Waals surface area contributed by atoms with E-state index in [0.29, 0.717) is 18.3 Å². The standard InChI is InChI=1S/C21H33FO2/c1-2-3-18-14-23-21(24-15-18)19-10-6-16(7-11-19)4-5-17-8-12-20(22)13-9-17/h2-3,12,16-19,21H,4-11,13-15H2,1H3. The molecule has 3 heteroatoms. The smallest absolute Gasteiger partial charge is 0.160 e. The van der Waals surface area contributed by atoms with Crippen LogP contribution in [0.25, 0.3) is 0 Å². The molecule has 2 fully saturated rings. The first-order valence-corrected chi connectivity index (χ1v) is 9.95. The predicted molar refractivity (Wildman–Crippen MR) is 95.2 cm³/mol. The summed E-state index contributed by atoms with van der Waals surface area (Å²) in [4.78, 5) is 0. The third kappa shape index (κ3) is 5.16. The van der Waals surface area contributed by atoms with Crippen molar-refractivity contribution in [2.45, 2.75) is 71.0 Å². The molecule has 0 radical (unpaired) electrons. The van der Waals surface area contributed by atoms with Gasteiger partial charge in [-0.1, -0.05) is 24.6 Å². The Kier molecular flexibility index (Phi) is 6.91. The van der Waals surface area contributed by atoms with Crippen molar-refractivity contribution in [2.24, 2.45) is 23.7 Å². The molecule has 1 heterocycles. The minimum absolute atomic E-state index is 0.0268. The van der Waals surface area contributed by atoms with E-state index in [1.165, 1.54) is 38.5 Å². The average Bonchev–Trinajstić information content (AvgIpc) is 2.63. The lowest BCUT2D eigenvalue weighted by Gasteiger charge is -2.37. The fraction of sp³-hybridized carbons (Fsp3) is 0.810. The van der Waals surface area contributed by atoms with Crippen molar-refractivity contribution < 1.29 is 13.9 Å². The Morgan fingerprint density at radius 1 is 1.04 bits per heavy atom. The normalized spacial score (nSPS) is 38.2. The van der Waals surface area contributed by atoms with Crippen LogP contribution in [-0.4, -0.2) is 19.5 Å². The molecule has 1 saturated carbocycles. The fourth-order valence-corrected chi connectivity index (χ4v) is 4.53. The maximum absolute atomic E-state index is 13.1. The monoisotopic (exact) mass is 336 g/mol. The zero-order chi connectivity index (χ0) is 16.8. The first kappa shape index (κ1) is 18.1. The van der Waals surface area contributed by atoms with Gasteiger partial charge >= 0.3 is 0 Å². The summed E-state index contributed by atoms with van der Waals surface area (Å²) in [6.45, 7) is 3.66. The van der Waals surface area contributed by atoms with Crippen LogP contribution in [0.1, 0.15) is 64.7 Å². The Morgan fingerprint density at radius 2 is 1.75 bits per heavy atom. The molecule has 1 aliphatic heterocycles. The molecule has 3 rings (SSSR count). The van der Waals surface area contributed by atoms with Crippen LogP contribution in [0.5, 0.6) is 0 Å². The summed E-state index contributed by atoms with van der Waals surface area (Å²) in [6.07, 6.45) is 16.5. The van der Waals surface area contributed by atoms with Gasteiger partial charge in [0.05, 0.1) is 19.0 Å². The first-order chi connectivity index (χ1) is 11.7. The van der Waals surface area contributed by atoms with Gasteiger partial charge in [-0.15, -0.1) is 0 Å². The van der Waals surface area contributed by atoms with E-state index in [2.05, 4.69) is 12.2 Å². The minimum atomic E-state index is 0.0268. The van der Waals surface area contributed by atoms with Gasteiger partial charge in [0.15, 0.2) is 6.29 Å². The van der Waals surface area contributed by atoms with Crippen LogP contribution >= 0.6 is 0 Å². The van der Waals surface area contributed by atoms with E-state index in [-0.39, 0.29) is 12.1 Å². The summed E-state index contributed by atoms with van der Waals surface area (Å²) in [6, 6.07) is 0. The van der Waals surface area contributed by atoms with Crippen molar-refractivity contribution >= 4 is 0 Å². The maximum atomic E-state index is 13.1. The zero-order valence-corrected chi connectivity index (χ0v) is 15.1. The summed E-state index contributed by atoms with van der Waals surface area (Å²) in [7, 11) is 0. The molecule has 1 unspecified atom stereocenters. The van der Waals surface area contributed by atoms with Gasteiger partial charge in [-0.3, -0.25) is 0 Å². The number of hydrogen-bond acceptors (Lipinski definition) is 2. The SMILES string of the molecule is CC=CC1COC(C2CCC(CCC3CC=C(F)CC3)CC2)OC1. The number of ether oxygens (including phenoxy) is 2. The highest BCUT2D eigenvalue weighted by atomic mass is 19.1. The number of rotatable bonds is 5. The average molecular weight is 336 g/mol. The molecule has 0 aromatic carbocycles. The lowest BCUT2D eigenvalue weighted by atomic mass is 9.77. The van der Waals surface area contributed by atoms with Gasteiger partial charge in [0.2, 0.25) is 0 Å². The van der Waals surface area contributed by atoms with Crippen LogP contribution in [0.15, 0.2) is 24.1 Å². The van der Waals surface area contributed by atoms with Crippen molar-refractivity contribution in [1.82, 2.24) is 0 Å². The van der Waals surface area contributed by atoms with Gasteiger partial charge in [-0.25, -0.2) is 4.39 Å². The Balaban J connectivity index is 1.33. The van der Waals surface area contributed by atoms with Gasteiger partial charge in [0.25, 0.3) is 0 Å². The molecule has 0 aromatic heterocycles.